The molecule has 1 aliphatic carbocycles. The molecule has 1 aromatic heterocycles. The van der Waals surface area contributed by atoms with Gasteiger partial charge >= 0.3 is 5.97 Å². The van der Waals surface area contributed by atoms with Crippen molar-refractivity contribution in [1.82, 2.24) is 15.0 Å². The molecule has 0 saturated heterocycles. The van der Waals surface area contributed by atoms with Gasteiger partial charge in [0, 0.05) is 36.1 Å². The number of carbonyl (C=O) groups is 2. The van der Waals surface area contributed by atoms with Gasteiger partial charge in [-0.25, -0.2) is 4.68 Å². The summed E-state index contributed by atoms with van der Waals surface area (Å²) in [6.45, 7) is 4.19. The number of ether oxygens (including phenoxy) is 1. The average Bonchev–Trinajstić information content (AvgIpc) is 3.14. The number of rotatable bonds is 5. The topological polar surface area (TPSA) is 74.1 Å². The van der Waals surface area contributed by atoms with Crippen LogP contribution in [0.25, 0.3) is 22.5 Å². The van der Waals surface area contributed by atoms with E-state index < -0.39 is 6.10 Å². The molecule has 1 atom stereocenters. The van der Waals surface area contributed by atoms with Gasteiger partial charge in [-0.05, 0) is 19.4 Å². The predicted molar refractivity (Wildman–Crippen MR) is 109 cm³/mol. The first-order valence-corrected chi connectivity index (χ1v) is 9.88. The summed E-state index contributed by atoms with van der Waals surface area (Å²) in [7, 11) is 0. The van der Waals surface area contributed by atoms with Crippen molar-refractivity contribution in [1.29, 1.82) is 0 Å². The summed E-state index contributed by atoms with van der Waals surface area (Å²) in [5.74, 6) is -0.381. The minimum absolute atomic E-state index is 0.0204. The fourth-order valence-electron chi connectivity index (χ4n) is 3.82. The van der Waals surface area contributed by atoms with Gasteiger partial charge in [0.05, 0.1) is 12.1 Å². The maximum absolute atomic E-state index is 12.5. The van der Waals surface area contributed by atoms with Crippen LogP contribution in [0.15, 0.2) is 48.5 Å². The highest BCUT2D eigenvalue weighted by Crippen LogP contribution is 2.41. The molecule has 6 nitrogen and oxygen atoms in total. The standard InChI is InChI=1S/C23H23N3O3/c1-3-26-23-19-11-7-6-10-18(19)20(29-21(28)13-12-15(2)27)14-16-8-4-5-9-17(16)22(23)24-25-26/h4-11,20H,3,12-14H2,1-2H3. The Morgan fingerprint density at radius 3 is 2.55 bits per heavy atom. The number of benzene rings is 2. The van der Waals surface area contributed by atoms with E-state index in [4.69, 9.17) is 4.74 Å². The molecule has 1 aliphatic rings. The number of fused-ring (bicyclic) bond motifs is 5. The van der Waals surface area contributed by atoms with Gasteiger partial charge in [0.15, 0.2) is 0 Å². The van der Waals surface area contributed by atoms with E-state index in [2.05, 4.69) is 10.3 Å². The monoisotopic (exact) mass is 389 g/mol. The number of Topliss-reactive ketones (excluding diaryl/α,β-unsaturated/α-hetero) is 1. The molecule has 0 fully saturated rings. The second-order valence-corrected chi connectivity index (χ2v) is 7.23. The molecule has 29 heavy (non-hydrogen) atoms. The lowest BCUT2D eigenvalue weighted by Gasteiger charge is -2.25. The smallest absolute Gasteiger partial charge is 0.306 e. The van der Waals surface area contributed by atoms with Crippen LogP contribution in [0, 0.1) is 0 Å². The lowest BCUT2D eigenvalue weighted by atomic mass is 9.87. The van der Waals surface area contributed by atoms with Crippen molar-refractivity contribution in [3.8, 4) is 22.5 Å². The lowest BCUT2D eigenvalue weighted by Crippen LogP contribution is -2.17. The van der Waals surface area contributed by atoms with Crippen LogP contribution in [0.5, 0.6) is 0 Å². The number of hydrogen-bond donors (Lipinski definition) is 0. The molecule has 3 aromatic rings. The quantitative estimate of drug-likeness (QED) is 0.613. The second kappa shape index (κ2) is 7.99. The molecule has 0 aliphatic heterocycles. The van der Waals surface area contributed by atoms with Crippen LogP contribution in [0.4, 0.5) is 0 Å². The number of esters is 1. The molecule has 4 rings (SSSR count). The van der Waals surface area contributed by atoms with Crippen molar-refractivity contribution in [3.05, 3.63) is 59.7 Å². The molecule has 148 valence electrons. The number of nitrogens with zero attached hydrogens (tertiary/aromatic N) is 3. The number of aromatic nitrogens is 3. The Morgan fingerprint density at radius 2 is 1.79 bits per heavy atom. The SMILES string of the molecule is CCn1nnc2c1-c1ccccc1C(OC(=O)CCC(C)=O)Cc1ccccc1-2. The fraction of sp³-hybridized carbons (Fsp3) is 0.304. The van der Waals surface area contributed by atoms with Crippen molar-refractivity contribution < 1.29 is 14.3 Å². The minimum atomic E-state index is -0.444. The average molecular weight is 389 g/mol. The highest BCUT2D eigenvalue weighted by atomic mass is 16.5. The summed E-state index contributed by atoms with van der Waals surface area (Å²) in [5.41, 5.74) is 5.72. The summed E-state index contributed by atoms with van der Waals surface area (Å²) in [5, 5.41) is 8.83. The van der Waals surface area contributed by atoms with Crippen LogP contribution in [-0.4, -0.2) is 26.7 Å². The highest BCUT2D eigenvalue weighted by molar-refractivity contribution is 5.83. The van der Waals surface area contributed by atoms with Crippen LogP contribution in [0.1, 0.15) is 43.9 Å². The Morgan fingerprint density at radius 1 is 1.07 bits per heavy atom. The molecule has 0 N–H and O–H groups in total. The molecule has 0 amide bonds. The lowest BCUT2D eigenvalue weighted by molar-refractivity contribution is -0.150. The van der Waals surface area contributed by atoms with Gasteiger partial charge in [-0.15, -0.1) is 5.10 Å². The highest BCUT2D eigenvalue weighted by Gasteiger charge is 2.29. The van der Waals surface area contributed by atoms with Crippen molar-refractivity contribution in [2.45, 2.75) is 45.8 Å². The molecule has 0 spiro atoms. The molecule has 6 heteroatoms. The molecule has 1 heterocycles. The van der Waals surface area contributed by atoms with Crippen LogP contribution >= 0.6 is 0 Å². The Hall–Kier alpha value is -3.28. The maximum atomic E-state index is 12.5. The van der Waals surface area contributed by atoms with Crippen LogP contribution in [0.2, 0.25) is 0 Å². The Labute approximate surface area is 169 Å². The fourth-order valence-corrected chi connectivity index (χ4v) is 3.82. The van der Waals surface area contributed by atoms with E-state index in [9.17, 15) is 9.59 Å². The van der Waals surface area contributed by atoms with Gasteiger partial charge in [0.2, 0.25) is 0 Å². The van der Waals surface area contributed by atoms with Crippen molar-refractivity contribution >= 4 is 11.8 Å². The summed E-state index contributed by atoms with van der Waals surface area (Å²) in [6, 6.07) is 16.0. The maximum Gasteiger partial charge on any atom is 0.306 e. The van der Waals surface area contributed by atoms with Gasteiger partial charge in [-0.3, -0.25) is 4.79 Å². The third-order valence-corrected chi connectivity index (χ3v) is 5.23. The van der Waals surface area contributed by atoms with Crippen molar-refractivity contribution in [2.24, 2.45) is 0 Å². The predicted octanol–water partition coefficient (Wildman–Crippen LogP) is 4.14. The van der Waals surface area contributed by atoms with E-state index in [1.54, 1.807) is 0 Å². The molecular formula is C23H23N3O3. The zero-order valence-electron chi connectivity index (χ0n) is 16.6. The van der Waals surface area contributed by atoms with E-state index in [0.29, 0.717) is 13.0 Å². The van der Waals surface area contributed by atoms with E-state index in [-0.39, 0.29) is 24.6 Å². The van der Waals surface area contributed by atoms with Crippen LogP contribution < -0.4 is 0 Å². The van der Waals surface area contributed by atoms with E-state index in [1.165, 1.54) is 6.92 Å². The molecule has 1 unspecified atom stereocenters. The van der Waals surface area contributed by atoms with Crippen molar-refractivity contribution in [3.63, 3.8) is 0 Å². The number of aryl methyl sites for hydroxylation is 1. The van der Waals surface area contributed by atoms with Crippen LogP contribution in [-0.2, 0) is 27.3 Å². The Balaban J connectivity index is 1.84. The Kier molecular flexibility index (Phi) is 5.25. The number of carbonyl (C=O) groups excluding carboxylic acids is 2. The van der Waals surface area contributed by atoms with Gasteiger partial charge in [-0.2, -0.15) is 0 Å². The summed E-state index contributed by atoms with van der Waals surface area (Å²) >= 11 is 0. The first kappa shape index (κ1) is 19.1. The van der Waals surface area contributed by atoms with E-state index in [1.807, 2.05) is 60.1 Å². The molecule has 2 aromatic carbocycles. The van der Waals surface area contributed by atoms with E-state index >= 15 is 0 Å². The summed E-state index contributed by atoms with van der Waals surface area (Å²) in [4.78, 5) is 23.7. The summed E-state index contributed by atoms with van der Waals surface area (Å²) in [6.07, 6.45) is 0.382. The minimum Gasteiger partial charge on any atom is -0.457 e. The third-order valence-electron chi connectivity index (χ3n) is 5.23. The second-order valence-electron chi connectivity index (χ2n) is 7.23. The zero-order chi connectivity index (χ0) is 20.4. The first-order chi connectivity index (χ1) is 14.1. The van der Waals surface area contributed by atoms with Gasteiger partial charge in [0.25, 0.3) is 0 Å². The molecule has 0 radical (unpaired) electrons. The van der Waals surface area contributed by atoms with Gasteiger partial charge in [-0.1, -0.05) is 53.7 Å². The first-order valence-electron chi connectivity index (χ1n) is 9.88. The molecule has 0 saturated carbocycles. The van der Waals surface area contributed by atoms with E-state index in [0.717, 1.165) is 33.6 Å². The Bertz CT molecular complexity index is 1070. The van der Waals surface area contributed by atoms with Gasteiger partial charge in [0.1, 0.15) is 17.6 Å². The zero-order valence-corrected chi connectivity index (χ0v) is 16.6. The normalized spacial score (nSPS) is 14.8. The van der Waals surface area contributed by atoms with Crippen LogP contribution in [0.3, 0.4) is 0 Å². The van der Waals surface area contributed by atoms with Gasteiger partial charge < -0.3 is 9.53 Å². The third kappa shape index (κ3) is 3.70. The number of ketones is 1. The molecular weight excluding hydrogens is 366 g/mol. The van der Waals surface area contributed by atoms with Crippen molar-refractivity contribution in [2.75, 3.05) is 0 Å². The number of hydrogen-bond acceptors (Lipinski definition) is 5. The molecule has 0 bridgehead atoms. The summed E-state index contributed by atoms with van der Waals surface area (Å²) < 4.78 is 7.76. The largest absolute Gasteiger partial charge is 0.457 e.